The normalized spacial score (nSPS) is 13.3. The highest BCUT2D eigenvalue weighted by molar-refractivity contribution is 7.90. The second-order valence-corrected chi connectivity index (χ2v) is 13.3. The molecule has 0 N–H and O–H groups in total. The van der Waals surface area contributed by atoms with Crippen LogP contribution < -0.4 is 4.74 Å². The molecular weight excluding hydrogens is 761 g/mol. The van der Waals surface area contributed by atoms with E-state index >= 15 is 0 Å². The molecule has 0 saturated heterocycles. The van der Waals surface area contributed by atoms with Crippen LogP contribution in [0.3, 0.4) is 0 Å². The predicted octanol–water partition coefficient (Wildman–Crippen LogP) is 5.90. The molecule has 282 valence electrons. The van der Waals surface area contributed by atoms with Crippen LogP contribution in [-0.2, 0) is 39.9 Å². The molecule has 3 aromatic carbocycles. The average Bonchev–Trinajstić information content (AvgIpc) is 3.07. The maximum atomic E-state index is 12.7. The molecule has 0 aromatic heterocycles. The van der Waals surface area contributed by atoms with Gasteiger partial charge in [0.15, 0.2) is 33.8 Å². The molecule has 0 atom stereocenters. The van der Waals surface area contributed by atoms with E-state index in [4.69, 9.17) is 21.1 Å². The quantitative estimate of drug-likeness (QED) is 0.0724. The van der Waals surface area contributed by atoms with E-state index in [9.17, 15) is 65.8 Å². The van der Waals surface area contributed by atoms with E-state index in [0.717, 1.165) is 54.8 Å². The fourth-order valence-corrected chi connectivity index (χ4v) is 5.51. The molecule has 1 saturated carbocycles. The van der Waals surface area contributed by atoms with Crippen LogP contribution >= 0.6 is 11.6 Å². The van der Waals surface area contributed by atoms with Gasteiger partial charge in [-0.05, 0) is 49.7 Å². The molecule has 1 fully saturated rings. The molecule has 21 heteroatoms. The van der Waals surface area contributed by atoms with Gasteiger partial charge in [0.05, 0.1) is 37.5 Å². The van der Waals surface area contributed by atoms with Crippen molar-refractivity contribution < 1.29 is 69.6 Å². The third-order valence-electron chi connectivity index (χ3n) is 7.11. The van der Waals surface area contributed by atoms with Gasteiger partial charge in [0, 0.05) is 37.3 Å². The number of carbonyl (C=O) groups excluding carboxylic acids is 5. The first-order valence-electron chi connectivity index (χ1n) is 14.9. The number of nitro groups is 2. The first-order valence-corrected chi connectivity index (χ1v) is 17.2. The van der Waals surface area contributed by atoms with E-state index in [1.54, 1.807) is 0 Å². The van der Waals surface area contributed by atoms with Crippen LogP contribution in [-0.4, -0.2) is 67.0 Å². The lowest BCUT2D eigenvalue weighted by Gasteiger charge is -2.18. The highest BCUT2D eigenvalue weighted by atomic mass is 35.5. The van der Waals surface area contributed by atoms with E-state index in [2.05, 4.69) is 4.74 Å². The van der Waals surface area contributed by atoms with Gasteiger partial charge in [0.25, 0.3) is 11.4 Å². The number of carbonyl (C=O) groups is 5. The first-order chi connectivity index (χ1) is 24.6. The van der Waals surface area contributed by atoms with E-state index in [-0.39, 0.29) is 40.9 Å². The number of hydrogen-bond acceptors (Lipinski definition) is 14. The molecule has 16 nitrogen and oxygen atoms in total. The lowest BCUT2D eigenvalue weighted by Crippen LogP contribution is -2.35. The topological polar surface area (TPSA) is 233 Å². The number of Topliss-reactive ketones (excluding diaryl/α,β-unsaturated/α-hetero) is 3. The maximum Gasteiger partial charge on any atom is 0.416 e. The predicted molar refractivity (Wildman–Crippen MR) is 174 cm³/mol. The van der Waals surface area contributed by atoms with Gasteiger partial charge in [-0.3, -0.25) is 34.6 Å². The molecule has 0 radical (unpaired) electrons. The van der Waals surface area contributed by atoms with Crippen LogP contribution in [0.1, 0.15) is 52.5 Å². The molecular formula is C32H26ClF3N2O14S. The summed E-state index contributed by atoms with van der Waals surface area (Å²) >= 11 is 5.81. The fraction of sp³-hybridized carbons (Fsp3) is 0.281. The summed E-state index contributed by atoms with van der Waals surface area (Å²) in [6, 6.07) is 8.14. The molecule has 53 heavy (non-hydrogen) atoms. The highest BCUT2D eigenvalue weighted by Crippen LogP contribution is 2.37. The Morgan fingerprint density at radius 2 is 1.51 bits per heavy atom. The largest absolute Gasteiger partial charge is 0.463 e. The van der Waals surface area contributed by atoms with Gasteiger partial charge in [0.1, 0.15) is 23.0 Å². The smallest absolute Gasteiger partial charge is 0.416 e. The lowest BCUT2D eigenvalue weighted by atomic mass is 9.81. The number of benzene rings is 3. The van der Waals surface area contributed by atoms with Gasteiger partial charge in [0.2, 0.25) is 0 Å². The molecule has 0 unspecified atom stereocenters. The van der Waals surface area contributed by atoms with Crippen LogP contribution in [0.25, 0.3) is 0 Å². The van der Waals surface area contributed by atoms with Crippen molar-refractivity contribution in [1.82, 2.24) is 0 Å². The zero-order valence-electron chi connectivity index (χ0n) is 27.3. The Labute approximate surface area is 302 Å². The van der Waals surface area contributed by atoms with Crippen LogP contribution in [0.15, 0.2) is 59.5 Å². The van der Waals surface area contributed by atoms with Crippen molar-refractivity contribution in [1.29, 1.82) is 0 Å². The molecule has 1 aliphatic rings. The van der Waals surface area contributed by atoms with E-state index < -0.39 is 95.7 Å². The lowest BCUT2D eigenvalue weighted by molar-refractivity contribution is -0.385. The van der Waals surface area contributed by atoms with Gasteiger partial charge < -0.3 is 14.2 Å². The summed E-state index contributed by atoms with van der Waals surface area (Å²) in [4.78, 5) is 79.7. The van der Waals surface area contributed by atoms with Crippen LogP contribution in [0.2, 0.25) is 5.02 Å². The molecule has 0 spiro atoms. The zero-order chi connectivity index (χ0) is 39.8. The van der Waals surface area contributed by atoms with E-state index in [0.29, 0.717) is 12.5 Å². The second kappa shape index (κ2) is 17.2. The van der Waals surface area contributed by atoms with Crippen molar-refractivity contribution in [3.8, 4) is 11.5 Å². The minimum absolute atomic E-state index is 0.0493. The Morgan fingerprint density at radius 1 is 0.887 bits per heavy atom. The molecule has 0 bridgehead atoms. The Balaban J connectivity index is 0.000000295. The van der Waals surface area contributed by atoms with Gasteiger partial charge in [-0.25, -0.2) is 18.0 Å². The third kappa shape index (κ3) is 10.9. The zero-order valence-corrected chi connectivity index (χ0v) is 28.9. The average molecular weight is 787 g/mol. The first kappa shape index (κ1) is 41.7. The van der Waals surface area contributed by atoms with Crippen molar-refractivity contribution in [3.63, 3.8) is 0 Å². The molecule has 4 rings (SSSR count). The number of ketones is 3. The fourth-order valence-electron chi connectivity index (χ4n) is 4.65. The van der Waals surface area contributed by atoms with E-state index in [1.165, 1.54) is 6.92 Å². The van der Waals surface area contributed by atoms with Gasteiger partial charge in [-0.1, -0.05) is 11.6 Å². The van der Waals surface area contributed by atoms with Crippen LogP contribution in [0.5, 0.6) is 11.5 Å². The van der Waals surface area contributed by atoms with Crippen molar-refractivity contribution >= 4 is 62.1 Å². The Hall–Kier alpha value is -5.76. The van der Waals surface area contributed by atoms with Crippen LogP contribution in [0.4, 0.5) is 24.5 Å². The maximum absolute atomic E-state index is 12.7. The minimum Gasteiger partial charge on any atom is -0.463 e. The summed E-state index contributed by atoms with van der Waals surface area (Å²) in [7, 11) is -3.70. The molecule has 3 aromatic rings. The molecule has 1 aliphatic carbocycles. The molecule has 0 heterocycles. The highest BCUT2D eigenvalue weighted by Gasteiger charge is 2.39. The summed E-state index contributed by atoms with van der Waals surface area (Å²) in [5, 5.41) is 21.9. The number of nitrogens with zero attached hydrogens (tertiary/aromatic N) is 2. The van der Waals surface area contributed by atoms with Crippen molar-refractivity contribution in [2.45, 2.75) is 37.3 Å². The van der Waals surface area contributed by atoms with Crippen molar-refractivity contribution in [2.75, 3.05) is 19.5 Å². The summed E-state index contributed by atoms with van der Waals surface area (Å²) in [6.45, 7) is 0.825. The Kier molecular flexibility index (Phi) is 13.5. The molecule has 0 aliphatic heterocycles. The number of rotatable bonds is 11. The van der Waals surface area contributed by atoms with E-state index in [1.807, 2.05) is 0 Å². The Bertz CT molecular complexity index is 2090. The standard InChI is InChI=1S/C18H13ClF3NO7.C14H13NO7S/c1-2-28-16(24)9-29-17(25)12-8-11(4-5-14(12)23(26)27)30-15-6-3-10(7-13(15)19)18(20,21)22;1-23(21,22)8-5-6-9(10(7-8)15(19)20)14(18)13-11(16)3-2-4-12(13)17/h3-8H,2,9H2,1H3;5-7,13H,2-4H2,1H3. The number of nitro benzene ring substituents is 2. The monoisotopic (exact) mass is 786 g/mol. The summed E-state index contributed by atoms with van der Waals surface area (Å²) in [6.07, 6.45) is -3.24. The Morgan fingerprint density at radius 3 is 2.04 bits per heavy atom. The third-order valence-corrected chi connectivity index (χ3v) is 8.52. The summed E-state index contributed by atoms with van der Waals surface area (Å²) < 4.78 is 75.7. The number of hydrogen-bond donors (Lipinski definition) is 0. The summed E-state index contributed by atoms with van der Waals surface area (Å²) in [5.74, 6) is -5.97. The SMILES string of the molecule is CCOC(=O)COC(=O)c1cc(Oc2ccc(C(F)(F)F)cc2Cl)ccc1[N+](=O)[O-].CS(=O)(=O)c1ccc(C(=O)C2C(=O)CCCC2=O)c([N+](=O)[O-])c1. The number of esters is 2. The second-order valence-electron chi connectivity index (χ2n) is 10.9. The van der Waals surface area contributed by atoms with Crippen molar-refractivity contribution in [2.24, 2.45) is 5.92 Å². The van der Waals surface area contributed by atoms with Gasteiger partial charge in [-0.15, -0.1) is 0 Å². The number of ether oxygens (including phenoxy) is 3. The number of halogens is 4. The van der Waals surface area contributed by atoms with Crippen molar-refractivity contribution in [3.05, 3.63) is 96.5 Å². The number of sulfone groups is 1. The minimum atomic E-state index is -4.61. The van der Waals surface area contributed by atoms with Gasteiger partial charge in [-0.2, -0.15) is 13.2 Å². The molecule has 0 amide bonds. The van der Waals surface area contributed by atoms with Crippen LogP contribution in [0, 0.1) is 26.1 Å². The summed E-state index contributed by atoms with van der Waals surface area (Å²) in [5.41, 5.74) is -3.33. The van der Waals surface area contributed by atoms with Gasteiger partial charge >= 0.3 is 18.1 Å². The number of alkyl halides is 3.